The lowest BCUT2D eigenvalue weighted by atomic mass is 9.94. The highest BCUT2D eigenvalue weighted by molar-refractivity contribution is 7.14. The number of nitrogens with zero attached hydrogens (tertiary/aromatic N) is 2. The van der Waals surface area contributed by atoms with Crippen LogP contribution in [0.25, 0.3) is 0 Å². The van der Waals surface area contributed by atoms with E-state index in [1.54, 1.807) is 0 Å². The van der Waals surface area contributed by atoms with Crippen molar-refractivity contribution in [2.24, 2.45) is 0 Å². The van der Waals surface area contributed by atoms with E-state index >= 15 is 0 Å². The van der Waals surface area contributed by atoms with E-state index in [4.69, 9.17) is 4.74 Å². The van der Waals surface area contributed by atoms with Crippen LogP contribution in [0.15, 0.2) is 5.38 Å². The quantitative estimate of drug-likeness (QED) is 0.820. The molecule has 2 atom stereocenters. The molecule has 0 bridgehead atoms. The number of rotatable bonds is 4. The fourth-order valence-corrected chi connectivity index (χ4v) is 4.94. The van der Waals surface area contributed by atoms with Gasteiger partial charge in [-0.1, -0.05) is 0 Å². The summed E-state index contributed by atoms with van der Waals surface area (Å²) in [4.78, 5) is 34.9. The number of aromatic amines is 1. The first kappa shape index (κ1) is 19.3. The van der Waals surface area contributed by atoms with E-state index in [9.17, 15) is 9.59 Å². The number of carbonyl (C=O) groups excluding carboxylic acids is 2. The molecule has 1 fully saturated rings. The van der Waals surface area contributed by atoms with Gasteiger partial charge in [0.05, 0.1) is 17.9 Å². The minimum Gasteiger partial charge on any atom is -0.373 e. The van der Waals surface area contributed by atoms with Crippen molar-refractivity contribution in [3.05, 3.63) is 33.6 Å². The van der Waals surface area contributed by atoms with E-state index in [0.717, 1.165) is 49.4 Å². The fourth-order valence-electron chi connectivity index (χ4n) is 4.24. The van der Waals surface area contributed by atoms with Gasteiger partial charge in [0, 0.05) is 42.7 Å². The van der Waals surface area contributed by atoms with Crippen molar-refractivity contribution in [2.75, 3.05) is 18.4 Å². The molecule has 1 saturated heterocycles. The van der Waals surface area contributed by atoms with E-state index in [1.807, 2.05) is 12.3 Å². The molecule has 8 heteroatoms. The third-order valence-corrected chi connectivity index (χ3v) is 6.12. The lowest BCUT2D eigenvalue weighted by Gasteiger charge is -2.34. The topological polar surface area (TPSA) is 87.3 Å². The first-order valence-corrected chi connectivity index (χ1v) is 10.7. The molecule has 0 spiro atoms. The van der Waals surface area contributed by atoms with Crippen LogP contribution in [0.3, 0.4) is 0 Å². The third kappa shape index (κ3) is 3.90. The van der Waals surface area contributed by atoms with Crippen LogP contribution in [0, 0.1) is 6.92 Å². The van der Waals surface area contributed by atoms with Crippen molar-refractivity contribution in [3.8, 4) is 0 Å². The van der Waals surface area contributed by atoms with Crippen LogP contribution >= 0.6 is 11.3 Å². The number of ketones is 1. The second-order valence-electron chi connectivity index (χ2n) is 7.80. The summed E-state index contributed by atoms with van der Waals surface area (Å²) in [6, 6.07) is 0. The van der Waals surface area contributed by atoms with Crippen LogP contribution in [-0.2, 0) is 17.7 Å². The molecule has 0 unspecified atom stereocenters. The van der Waals surface area contributed by atoms with E-state index in [1.165, 1.54) is 11.3 Å². The Kier molecular flexibility index (Phi) is 5.35. The molecule has 0 radical (unpaired) electrons. The van der Waals surface area contributed by atoms with Crippen molar-refractivity contribution in [1.82, 2.24) is 14.9 Å². The van der Waals surface area contributed by atoms with E-state index in [-0.39, 0.29) is 23.9 Å². The minimum atomic E-state index is -0.241. The van der Waals surface area contributed by atoms with Gasteiger partial charge in [0.2, 0.25) is 0 Å². The molecule has 2 aromatic heterocycles. The summed E-state index contributed by atoms with van der Waals surface area (Å²) >= 11 is 1.42. The molecule has 1 aliphatic heterocycles. The van der Waals surface area contributed by atoms with Crippen molar-refractivity contribution >= 4 is 28.2 Å². The zero-order chi connectivity index (χ0) is 19.8. The standard InChI is InChI=1S/C20H26N4O3S/c1-11-7-24(8-12(2)27-11)9-14-10-28-20(21-14)23-19(26)18-13(3)17-15(22-18)5-4-6-16(17)25/h10-12,22H,4-9H2,1-3H3,(H,21,23,26)/t11-,12+. The summed E-state index contributed by atoms with van der Waals surface area (Å²) < 4.78 is 5.77. The number of H-pyrrole nitrogens is 1. The molecule has 7 nitrogen and oxygen atoms in total. The molecule has 1 amide bonds. The predicted molar refractivity (Wildman–Crippen MR) is 108 cm³/mol. The molecular weight excluding hydrogens is 376 g/mol. The highest BCUT2D eigenvalue weighted by Gasteiger charge is 2.27. The normalized spacial score (nSPS) is 22.9. The Labute approximate surface area is 168 Å². The second kappa shape index (κ2) is 7.77. The number of thiazole rings is 1. The summed E-state index contributed by atoms with van der Waals surface area (Å²) in [6.07, 6.45) is 2.63. The molecule has 2 aliphatic rings. The molecule has 28 heavy (non-hydrogen) atoms. The highest BCUT2D eigenvalue weighted by atomic mass is 32.1. The van der Waals surface area contributed by atoms with Crippen molar-refractivity contribution in [3.63, 3.8) is 0 Å². The van der Waals surface area contributed by atoms with Crippen LogP contribution < -0.4 is 5.32 Å². The molecule has 4 rings (SSSR count). The Hall–Kier alpha value is -2.03. The smallest absolute Gasteiger partial charge is 0.274 e. The van der Waals surface area contributed by atoms with Crippen LogP contribution in [-0.4, -0.2) is 51.9 Å². The number of hydrogen-bond donors (Lipinski definition) is 2. The highest BCUT2D eigenvalue weighted by Crippen LogP contribution is 2.27. The van der Waals surface area contributed by atoms with Gasteiger partial charge in [0.25, 0.3) is 5.91 Å². The van der Waals surface area contributed by atoms with E-state index < -0.39 is 0 Å². The number of nitrogens with one attached hydrogen (secondary N) is 2. The van der Waals surface area contributed by atoms with Gasteiger partial charge in [0.1, 0.15) is 5.69 Å². The van der Waals surface area contributed by atoms with Gasteiger partial charge in [0.15, 0.2) is 10.9 Å². The number of morpholine rings is 1. The summed E-state index contributed by atoms with van der Waals surface area (Å²) in [6.45, 7) is 8.50. The molecule has 3 heterocycles. The Morgan fingerprint density at radius 3 is 2.82 bits per heavy atom. The number of aryl methyl sites for hydroxylation is 1. The Bertz CT molecular complexity index is 893. The molecule has 1 aliphatic carbocycles. The molecule has 2 N–H and O–H groups in total. The number of hydrogen-bond acceptors (Lipinski definition) is 6. The van der Waals surface area contributed by atoms with Gasteiger partial charge >= 0.3 is 0 Å². The Morgan fingerprint density at radius 1 is 1.36 bits per heavy atom. The maximum absolute atomic E-state index is 12.7. The molecular formula is C20H26N4O3S. The first-order valence-electron chi connectivity index (χ1n) is 9.79. The van der Waals surface area contributed by atoms with Crippen LogP contribution in [0.5, 0.6) is 0 Å². The average Bonchev–Trinajstić information content (AvgIpc) is 3.19. The number of amides is 1. The van der Waals surface area contributed by atoms with Gasteiger partial charge in [-0.25, -0.2) is 4.98 Å². The molecule has 0 aromatic carbocycles. The third-order valence-electron chi connectivity index (χ3n) is 5.32. The SMILES string of the molecule is Cc1c(C(=O)Nc2nc(CN3C[C@@H](C)O[C@@H](C)C3)cs2)[nH]c2c1C(=O)CCC2. The maximum atomic E-state index is 12.7. The van der Waals surface area contributed by atoms with Crippen LogP contribution in [0.2, 0.25) is 0 Å². The monoisotopic (exact) mass is 402 g/mol. The molecule has 150 valence electrons. The average molecular weight is 403 g/mol. The van der Waals surface area contributed by atoms with Gasteiger partial charge in [-0.05, 0) is 39.2 Å². The van der Waals surface area contributed by atoms with Crippen molar-refractivity contribution in [2.45, 2.75) is 58.8 Å². The van der Waals surface area contributed by atoms with Crippen molar-refractivity contribution in [1.29, 1.82) is 0 Å². The first-order chi connectivity index (χ1) is 13.4. The summed E-state index contributed by atoms with van der Waals surface area (Å²) in [5.74, 6) is -0.117. The number of fused-ring (bicyclic) bond motifs is 1. The molecule has 2 aromatic rings. The van der Waals surface area contributed by atoms with Crippen molar-refractivity contribution < 1.29 is 14.3 Å². The fraction of sp³-hybridized carbons (Fsp3) is 0.550. The summed E-state index contributed by atoms with van der Waals surface area (Å²) in [5, 5.41) is 5.44. The zero-order valence-electron chi connectivity index (χ0n) is 16.5. The van der Waals surface area contributed by atoms with E-state index in [2.05, 4.69) is 34.0 Å². The summed E-state index contributed by atoms with van der Waals surface area (Å²) in [5.41, 5.74) is 3.73. The van der Waals surface area contributed by atoms with E-state index in [0.29, 0.717) is 22.8 Å². The lowest BCUT2D eigenvalue weighted by molar-refractivity contribution is -0.0707. The predicted octanol–water partition coefficient (Wildman–Crippen LogP) is 3.16. The number of Topliss-reactive ketones (excluding diaryl/α,β-unsaturated/α-hetero) is 1. The summed E-state index contributed by atoms with van der Waals surface area (Å²) in [7, 11) is 0. The Morgan fingerprint density at radius 2 is 2.11 bits per heavy atom. The molecule has 0 saturated carbocycles. The largest absolute Gasteiger partial charge is 0.373 e. The maximum Gasteiger partial charge on any atom is 0.274 e. The Balaban J connectivity index is 1.43. The zero-order valence-corrected chi connectivity index (χ0v) is 17.3. The van der Waals surface area contributed by atoms with Gasteiger partial charge < -0.3 is 9.72 Å². The second-order valence-corrected chi connectivity index (χ2v) is 8.66. The number of ether oxygens (including phenoxy) is 1. The number of anilines is 1. The van der Waals surface area contributed by atoms with Gasteiger partial charge in [-0.3, -0.25) is 19.8 Å². The van der Waals surface area contributed by atoms with Crippen LogP contribution in [0.1, 0.15) is 64.5 Å². The lowest BCUT2D eigenvalue weighted by Crippen LogP contribution is -2.44. The van der Waals surface area contributed by atoms with Gasteiger partial charge in [-0.2, -0.15) is 0 Å². The van der Waals surface area contributed by atoms with Gasteiger partial charge in [-0.15, -0.1) is 11.3 Å². The minimum absolute atomic E-state index is 0.125. The van der Waals surface area contributed by atoms with Crippen LogP contribution in [0.4, 0.5) is 5.13 Å². The number of carbonyl (C=O) groups is 2. The number of aromatic nitrogens is 2.